The molecular formula is C14H20N4O4. The largest absolute Gasteiger partial charge is 0.444 e. The molecule has 0 saturated heterocycles. The monoisotopic (exact) mass is 308 g/mol. The normalized spacial score (nSPS) is 11.2. The van der Waals surface area contributed by atoms with E-state index in [2.05, 4.69) is 15.6 Å². The Morgan fingerprint density at radius 3 is 2.73 bits per heavy atom. The molecule has 8 heteroatoms. The molecular weight excluding hydrogens is 288 g/mol. The lowest BCUT2D eigenvalue weighted by Gasteiger charge is -2.19. The highest BCUT2D eigenvalue weighted by molar-refractivity contribution is 5.67. The Labute approximate surface area is 128 Å². The maximum absolute atomic E-state index is 11.4. The van der Waals surface area contributed by atoms with Gasteiger partial charge in [-0.2, -0.15) is 0 Å². The molecule has 0 bridgehead atoms. The van der Waals surface area contributed by atoms with Crippen LogP contribution in [0.5, 0.6) is 0 Å². The molecule has 0 saturated carbocycles. The Morgan fingerprint density at radius 2 is 2.09 bits per heavy atom. The van der Waals surface area contributed by atoms with Gasteiger partial charge in [0, 0.05) is 25.4 Å². The Morgan fingerprint density at radius 1 is 1.41 bits per heavy atom. The van der Waals surface area contributed by atoms with Crippen molar-refractivity contribution in [2.75, 3.05) is 18.4 Å². The van der Waals surface area contributed by atoms with Gasteiger partial charge in [-0.05, 0) is 26.8 Å². The molecule has 22 heavy (non-hydrogen) atoms. The van der Waals surface area contributed by atoms with Crippen LogP contribution in [-0.2, 0) is 4.74 Å². The molecule has 2 N–H and O–H groups in total. The summed E-state index contributed by atoms with van der Waals surface area (Å²) < 4.78 is 5.07. The molecule has 1 aromatic rings. The number of amides is 1. The van der Waals surface area contributed by atoms with Crippen LogP contribution in [0.25, 0.3) is 0 Å². The standard InChI is InChI=1S/C14H20N4O4/c1-14(2,3)22-13(19)17-9-5-4-8-15-12-11(18(20)21)7-6-10-16-12/h4-7,10H,8-9H2,1-3H3,(H,15,16)(H,17,19). The van der Waals surface area contributed by atoms with Gasteiger partial charge in [0.05, 0.1) is 4.92 Å². The van der Waals surface area contributed by atoms with Crippen LogP contribution in [0, 0.1) is 10.1 Å². The fourth-order valence-corrected chi connectivity index (χ4v) is 1.46. The van der Waals surface area contributed by atoms with Gasteiger partial charge in [0.1, 0.15) is 5.60 Å². The second-order valence-electron chi connectivity index (χ2n) is 5.36. The highest BCUT2D eigenvalue weighted by Crippen LogP contribution is 2.19. The minimum absolute atomic E-state index is 0.0808. The number of ether oxygens (including phenoxy) is 1. The summed E-state index contributed by atoms with van der Waals surface area (Å²) in [7, 11) is 0. The van der Waals surface area contributed by atoms with E-state index in [0.29, 0.717) is 13.1 Å². The molecule has 1 rings (SSSR count). The fraction of sp³-hybridized carbons (Fsp3) is 0.429. The molecule has 1 heterocycles. The number of anilines is 1. The van der Waals surface area contributed by atoms with Gasteiger partial charge in [0.2, 0.25) is 5.82 Å². The number of nitro groups is 1. The van der Waals surface area contributed by atoms with Crippen molar-refractivity contribution in [3.8, 4) is 0 Å². The molecule has 120 valence electrons. The summed E-state index contributed by atoms with van der Waals surface area (Å²) in [6, 6.07) is 2.88. The van der Waals surface area contributed by atoms with Crippen LogP contribution in [0.15, 0.2) is 30.5 Å². The predicted octanol–water partition coefficient (Wildman–Crippen LogP) is 2.48. The maximum Gasteiger partial charge on any atom is 0.407 e. The van der Waals surface area contributed by atoms with E-state index in [4.69, 9.17) is 4.74 Å². The van der Waals surface area contributed by atoms with E-state index in [1.54, 1.807) is 32.9 Å². The van der Waals surface area contributed by atoms with Crippen LogP contribution < -0.4 is 10.6 Å². The quantitative estimate of drug-likeness (QED) is 0.475. The third-order valence-corrected chi connectivity index (χ3v) is 2.30. The van der Waals surface area contributed by atoms with Gasteiger partial charge < -0.3 is 15.4 Å². The van der Waals surface area contributed by atoms with E-state index < -0.39 is 16.6 Å². The molecule has 0 aliphatic rings. The Bertz CT molecular complexity index is 552. The summed E-state index contributed by atoms with van der Waals surface area (Å²) in [6.07, 6.45) is 4.43. The molecule has 1 amide bonds. The zero-order chi connectivity index (χ0) is 16.6. The number of rotatable bonds is 6. The lowest BCUT2D eigenvalue weighted by Crippen LogP contribution is -2.32. The summed E-state index contributed by atoms with van der Waals surface area (Å²) in [4.78, 5) is 25.6. The van der Waals surface area contributed by atoms with Crippen LogP contribution in [0.1, 0.15) is 20.8 Å². The smallest absolute Gasteiger partial charge is 0.407 e. The van der Waals surface area contributed by atoms with Crippen LogP contribution in [-0.4, -0.2) is 34.7 Å². The summed E-state index contributed by atoms with van der Waals surface area (Å²) in [5.41, 5.74) is -0.615. The lowest BCUT2D eigenvalue weighted by molar-refractivity contribution is -0.384. The molecule has 0 aliphatic carbocycles. The van der Waals surface area contributed by atoms with Gasteiger partial charge in [-0.1, -0.05) is 12.2 Å². The first-order valence-corrected chi connectivity index (χ1v) is 6.75. The van der Waals surface area contributed by atoms with Crippen LogP contribution in [0.2, 0.25) is 0 Å². The molecule has 0 radical (unpaired) electrons. The van der Waals surface area contributed by atoms with Crippen molar-refractivity contribution >= 4 is 17.6 Å². The van der Waals surface area contributed by atoms with Crippen molar-refractivity contribution in [2.45, 2.75) is 26.4 Å². The van der Waals surface area contributed by atoms with E-state index in [9.17, 15) is 14.9 Å². The molecule has 0 spiro atoms. The summed E-state index contributed by atoms with van der Waals surface area (Å²) >= 11 is 0. The Hall–Kier alpha value is -2.64. The zero-order valence-electron chi connectivity index (χ0n) is 12.8. The van der Waals surface area contributed by atoms with Crippen molar-refractivity contribution in [2.24, 2.45) is 0 Å². The Balaban J connectivity index is 2.33. The summed E-state index contributed by atoms with van der Waals surface area (Å²) in [5.74, 6) is 0.206. The second kappa shape index (κ2) is 7.96. The second-order valence-corrected chi connectivity index (χ2v) is 5.36. The first-order valence-electron chi connectivity index (χ1n) is 6.75. The number of nitrogens with one attached hydrogen (secondary N) is 2. The van der Waals surface area contributed by atoms with Gasteiger partial charge in [-0.3, -0.25) is 10.1 Å². The maximum atomic E-state index is 11.4. The van der Waals surface area contributed by atoms with Gasteiger partial charge in [0.25, 0.3) is 0 Å². The SMILES string of the molecule is CC(C)(C)OC(=O)NCC=CCNc1ncccc1[N+](=O)[O-]. The third kappa shape index (κ3) is 6.69. The molecule has 0 aromatic carbocycles. The minimum Gasteiger partial charge on any atom is -0.444 e. The molecule has 1 aromatic heterocycles. The van der Waals surface area contributed by atoms with E-state index in [0.717, 1.165) is 0 Å². The topological polar surface area (TPSA) is 106 Å². The van der Waals surface area contributed by atoms with Crippen LogP contribution in [0.4, 0.5) is 16.3 Å². The van der Waals surface area contributed by atoms with Gasteiger partial charge in [-0.15, -0.1) is 0 Å². The first kappa shape index (κ1) is 17.4. The highest BCUT2D eigenvalue weighted by atomic mass is 16.6. The van der Waals surface area contributed by atoms with E-state index in [-0.39, 0.29) is 11.5 Å². The van der Waals surface area contributed by atoms with Crippen molar-refractivity contribution in [3.63, 3.8) is 0 Å². The third-order valence-electron chi connectivity index (χ3n) is 2.30. The van der Waals surface area contributed by atoms with Gasteiger partial charge >= 0.3 is 11.8 Å². The number of hydrogen-bond donors (Lipinski definition) is 2. The zero-order valence-corrected chi connectivity index (χ0v) is 12.8. The molecule has 0 fully saturated rings. The molecule has 0 atom stereocenters. The lowest BCUT2D eigenvalue weighted by atomic mass is 10.2. The van der Waals surface area contributed by atoms with Crippen molar-refractivity contribution < 1.29 is 14.5 Å². The minimum atomic E-state index is -0.534. The Kier molecular flexibility index (Phi) is 6.30. The molecule has 0 aliphatic heterocycles. The summed E-state index contributed by atoms with van der Waals surface area (Å²) in [5, 5.41) is 16.2. The molecule has 8 nitrogen and oxygen atoms in total. The number of hydrogen-bond acceptors (Lipinski definition) is 6. The van der Waals surface area contributed by atoms with E-state index in [1.807, 2.05) is 0 Å². The van der Waals surface area contributed by atoms with Gasteiger partial charge in [0.15, 0.2) is 0 Å². The number of nitrogens with zero attached hydrogens (tertiary/aromatic N) is 2. The molecule has 0 unspecified atom stereocenters. The highest BCUT2D eigenvalue weighted by Gasteiger charge is 2.15. The van der Waals surface area contributed by atoms with Crippen LogP contribution >= 0.6 is 0 Å². The van der Waals surface area contributed by atoms with E-state index in [1.165, 1.54) is 18.3 Å². The van der Waals surface area contributed by atoms with Crippen LogP contribution in [0.3, 0.4) is 0 Å². The number of pyridine rings is 1. The fourth-order valence-electron chi connectivity index (χ4n) is 1.46. The first-order chi connectivity index (χ1) is 10.3. The average molecular weight is 308 g/mol. The number of carbonyl (C=O) groups excluding carboxylic acids is 1. The predicted molar refractivity (Wildman–Crippen MR) is 82.8 cm³/mol. The number of carbonyl (C=O) groups is 1. The number of alkyl carbamates (subject to hydrolysis) is 1. The van der Waals surface area contributed by atoms with Crippen molar-refractivity contribution in [1.29, 1.82) is 0 Å². The number of aromatic nitrogens is 1. The average Bonchev–Trinajstić information content (AvgIpc) is 2.41. The van der Waals surface area contributed by atoms with E-state index >= 15 is 0 Å². The van der Waals surface area contributed by atoms with Gasteiger partial charge in [-0.25, -0.2) is 9.78 Å². The van der Waals surface area contributed by atoms with Crippen molar-refractivity contribution in [1.82, 2.24) is 10.3 Å². The van der Waals surface area contributed by atoms with Crippen molar-refractivity contribution in [3.05, 3.63) is 40.6 Å². The summed E-state index contributed by atoms with van der Waals surface area (Å²) in [6.45, 7) is 6.01.